The second kappa shape index (κ2) is 11.7. The number of carbonyl (C=O) groups excluding carboxylic acids is 3. The summed E-state index contributed by atoms with van der Waals surface area (Å²) in [5.41, 5.74) is -0.0274. The summed E-state index contributed by atoms with van der Waals surface area (Å²) >= 11 is 0. The second-order valence-electron chi connectivity index (χ2n) is 8.31. The van der Waals surface area contributed by atoms with E-state index in [2.05, 4.69) is 15.4 Å². The van der Waals surface area contributed by atoms with Crippen LogP contribution in [-0.4, -0.2) is 55.5 Å². The summed E-state index contributed by atoms with van der Waals surface area (Å²) in [7, 11) is -3.77. The molecule has 0 saturated carbocycles. The van der Waals surface area contributed by atoms with Crippen molar-refractivity contribution >= 4 is 33.3 Å². The molecule has 2 aromatic carbocycles. The average Bonchev–Trinajstić information content (AvgIpc) is 2.82. The molecule has 2 rings (SSSR count). The number of carbonyl (C=O) groups is 3. The van der Waals surface area contributed by atoms with Crippen LogP contribution in [0.2, 0.25) is 0 Å². The molecule has 184 valence electrons. The summed E-state index contributed by atoms with van der Waals surface area (Å²) < 4.78 is 27.4. The van der Waals surface area contributed by atoms with Crippen molar-refractivity contribution in [2.45, 2.75) is 37.8 Å². The van der Waals surface area contributed by atoms with Gasteiger partial charge in [-0.15, -0.1) is 0 Å². The lowest BCUT2D eigenvalue weighted by molar-refractivity contribution is -0.139. The van der Waals surface area contributed by atoms with Gasteiger partial charge in [0.1, 0.15) is 6.10 Å². The quantitative estimate of drug-likeness (QED) is 0.271. The van der Waals surface area contributed by atoms with Crippen LogP contribution in [0.3, 0.4) is 0 Å². The van der Waals surface area contributed by atoms with Crippen LogP contribution in [0, 0.1) is 5.41 Å². The summed E-state index contributed by atoms with van der Waals surface area (Å²) in [5, 5.41) is 23.9. The zero-order chi connectivity index (χ0) is 25.4. The minimum Gasteiger partial charge on any atom is -0.396 e. The number of amides is 2. The molecule has 10 nitrogen and oxygen atoms in total. The molecular formula is C23H29N3O7S. The zero-order valence-electron chi connectivity index (χ0n) is 18.9. The molecule has 0 saturated heterocycles. The Kier molecular flexibility index (Phi) is 9.30. The van der Waals surface area contributed by atoms with Gasteiger partial charge in [-0.1, -0.05) is 44.2 Å². The molecule has 5 N–H and O–H groups in total. The van der Waals surface area contributed by atoms with Crippen molar-refractivity contribution < 1.29 is 33.0 Å². The first-order valence-electron chi connectivity index (χ1n) is 10.5. The number of sulfonamides is 1. The van der Waals surface area contributed by atoms with Crippen LogP contribution in [0.25, 0.3) is 0 Å². The van der Waals surface area contributed by atoms with Gasteiger partial charge in [0.15, 0.2) is 0 Å². The fourth-order valence-electron chi connectivity index (χ4n) is 2.74. The first kappa shape index (κ1) is 27.0. The number of anilines is 1. The number of hydrogen-bond acceptors (Lipinski definition) is 7. The maximum Gasteiger partial charge on any atom is 0.287 e. The van der Waals surface area contributed by atoms with Gasteiger partial charge in [0, 0.05) is 30.6 Å². The van der Waals surface area contributed by atoms with Gasteiger partial charge in [0.25, 0.3) is 15.9 Å². The molecule has 2 aromatic rings. The van der Waals surface area contributed by atoms with E-state index >= 15 is 0 Å². The Morgan fingerprint density at radius 1 is 0.971 bits per heavy atom. The minimum absolute atomic E-state index is 0.00672. The normalized spacial score (nSPS) is 12.5. The second-order valence-corrected chi connectivity index (χ2v) is 9.99. The topological polar surface area (TPSA) is 162 Å². The average molecular weight is 492 g/mol. The first-order valence-corrected chi connectivity index (χ1v) is 12.0. The largest absolute Gasteiger partial charge is 0.396 e. The summed E-state index contributed by atoms with van der Waals surface area (Å²) in [4.78, 5) is 35.9. The molecule has 0 aliphatic heterocycles. The molecule has 0 aromatic heterocycles. The van der Waals surface area contributed by atoms with E-state index in [-0.39, 0.29) is 24.4 Å². The number of para-hydroxylation sites is 1. The fraction of sp³-hybridized carbons (Fsp3) is 0.348. The van der Waals surface area contributed by atoms with Gasteiger partial charge in [-0.05, 0) is 29.8 Å². The summed E-state index contributed by atoms with van der Waals surface area (Å²) in [6, 6.07) is 14.3. The Labute approximate surface area is 198 Å². The van der Waals surface area contributed by atoms with E-state index in [0.29, 0.717) is 11.3 Å². The third-order valence-corrected chi connectivity index (χ3v) is 6.41. The maximum atomic E-state index is 12.4. The SMILES string of the molecule is CC(C)(CO)[C@@H](O)C(=O)NCCC(=O)C(=O)NCc1ccc(S(=O)(=O)Nc2ccccc2)cc1. The monoisotopic (exact) mass is 491 g/mol. The van der Waals surface area contributed by atoms with Crippen LogP contribution < -0.4 is 15.4 Å². The van der Waals surface area contributed by atoms with E-state index in [4.69, 9.17) is 0 Å². The van der Waals surface area contributed by atoms with Crippen LogP contribution >= 0.6 is 0 Å². The molecule has 0 heterocycles. The number of hydrogen-bond donors (Lipinski definition) is 5. The van der Waals surface area contributed by atoms with Crippen LogP contribution in [0.4, 0.5) is 5.69 Å². The van der Waals surface area contributed by atoms with Gasteiger partial charge < -0.3 is 20.8 Å². The highest BCUT2D eigenvalue weighted by atomic mass is 32.2. The molecular weight excluding hydrogens is 462 g/mol. The Hall–Kier alpha value is -3.28. The molecule has 0 bridgehead atoms. The molecule has 34 heavy (non-hydrogen) atoms. The molecule has 0 fully saturated rings. The van der Waals surface area contributed by atoms with Gasteiger partial charge in [-0.25, -0.2) is 8.42 Å². The molecule has 2 amide bonds. The summed E-state index contributed by atoms with van der Waals surface area (Å²) in [6.45, 7) is 2.48. The third kappa shape index (κ3) is 7.65. The maximum absolute atomic E-state index is 12.4. The Morgan fingerprint density at radius 2 is 1.59 bits per heavy atom. The van der Waals surface area contributed by atoms with Crippen molar-refractivity contribution in [3.63, 3.8) is 0 Å². The van der Waals surface area contributed by atoms with E-state index in [1.54, 1.807) is 30.3 Å². The van der Waals surface area contributed by atoms with Crippen LogP contribution in [0.5, 0.6) is 0 Å². The molecule has 0 radical (unpaired) electrons. The lowest BCUT2D eigenvalue weighted by atomic mass is 9.87. The van der Waals surface area contributed by atoms with Crippen LogP contribution in [0.1, 0.15) is 25.8 Å². The Morgan fingerprint density at radius 3 is 2.18 bits per heavy atom. The molecule has 1 atom stereocenters. The number of aliphatic hydroxyl groups is 2. The van der Waals surface area contributed by atoms with Gasteiger partial charge >= 0.3 is 0 Å². The predicted octanol–water partition coefficient (Wildman–Crippen LogP) is 0.558. The lowest BCUT2D eigenvalue weighted by Gasteiger charge is -2.27. The van der Waals surface area contributed by atoms with Gasteiger partial charge in [0.2, 0.25) is 11.7 Å². The number of benzene rings is 2. The number of aliphatic hydroxyl groups excluding tert-OH is 2. The number of rotatable bonds is 12. The predicted molar refractivity (Wildman–Crippen MR) is 125 cm³/mol. The highest BCUT2D eigenvalue weighted by Crippen LogP contribution is 2.19. The summed E-state index contributed by atoms with van der Waals surface area (Å²) in [6.07, 6.45) is -1.73. The van der Waals surface area contributed by atoms with E-state index < -0.39 is 45.7 Å². The van der Waals surface area contributed by atoms with E-state index in [9.17, 15) is 33.0 Å². The smallest absolute Gasteiger partial charge is 0.287 e. The Balaban J connectivity index is 1.81. The third-order valence-electron chi connectivity index (χ3n) is 5.01. The number of ketones is 1. The number of Topliss-reactive ketones (excluding diaryl/α,β-unsaturated/α-hetero) is 1. The van der Waals surface area contributed by atoms with Crippen molar-refractivity contribution in [2.24, 2.45) is 5.41 Å². The van der Waals surface area contributed by atoms with E-state index in [0.717, 1.165) is 0 Å². The zero-order valence-corrected chi connectivity index (χ0v) is 19.8. The van der Waals surface area contributed by atoms with Gasteiger partial charge in [0.05, 0.1) is 11.5 Å². The van der Waals surface area contributed by atoms with Crippen LogP contribution in [0.15, 0.2) is 59.5 Å². The summed E-state index contributed by atoms with van der Waals surface area (Å²) in [5.74, 6) is -2.36. The van der Waals surface area contributed by atoms with E-state index in [1.807, 2.05) is 0 Å². The van der Waals surface area contributed by atoms with Crippen molar-refractivity contribution in [3.05, 3.63) is 60.2 Å². The molecule has 0 aliphatic rings. The highest BCUT2D eigenvalue weighted by Gasteiger charge is 2.32. The molecule has 11 heteroatoms. The van der Waals surface area contributed by atoms with Gasteiger partial charge in [-0.3, -0.25) is 19.1 Å². The van der Waals surface area contributed by atoms with Crippen LogP contribution in [-0.2, 0) is 31.0 Å². The number of nitrogens with one attached hydrogen (secondary N) is 3. The van der Waals surface area contributed by atoms with Crippen molar-refractivity contribution in [2.75, 3.05) is 17.9 Å². The molecule has 0 spiro atoms. The molecule has 0 unspecified atom stereocenters. The molecule has 0 aliphatic carbocycles. The fourth-order valence-corrected chi connectivity index (χ4v) is 3.80. The lowest BCUT2D eigenvalue weighted by Crippen LogP contribution is -2.46. The highest BCUT2D eigenvalue weighted by molar-refractivity contribution is 7.92. The van der Waals surface area contributed by atoms with Gasteiger partial charge in [-0.2, -0.15) is 0 Å². The standard InChI is InChI=1S/C23H29N3O7S/c1-23(2,15-27)20(29)22(31)24-13-12-19(28)21(30)25-14-16-8-10-18(11-9-16)34(32,33)26-17-6-4-3-5-7-17/h3-11,20,26-27,29H,12-15H2,1-2H3,(H,24,31)(H,25,30)/t20-/m0/s1. The van der Waals surface area contributed by atoms with E-state index in [1.165, 1.54) is 38.1 Å². The minimum atomic E-state index is -3.77. The Bertz CT molecular complexity index is 1100. The van der Waals surface area contributed by atoms with Crippen molar-refractivity contribution in [1.29, 1.82) is 0 Å². The van der Waals surface area contributed by atoms with Crippen molar-refractivity contribution in [3.8, 4) is 0 Å². The first-order chi connectivity index (χ1) is 16.0. The van der Waals surface area contributed by atoms with Crippen molar-refractivity contribution in [1.82, 2.24) is 10.6 Å².